The Balaban J connectivity index is 2.05. The summed E-state index contributed by atoms with van der Waals surface area (Å²) in [7, 11) is 0. The van der Waals surface area contributed by atoms with Crippen molar-refractivity contribution in [1.82, 2.24) is 4.90 Å². The van der Waals surface area contributed by atoms with Crippen LogP contribution in [0.1, 0.15) is 40.0 Å². The molecule has 104 valence electrons. The van der Waals surface area contributed by atoms with Crippen molar-refractivity contribution < 1.29 is 9.53 Å². The maximum atomic E-state index is 12.7. The summed E-state index contributed by atoms with van der Waals surface area (Å²) in [5, 5.41) is 0. The first-order valence-electron chi connectivity index (χ1n) is 7.09. The van der Waals surface area contributed by atoms with Gasteiger partial charge in [-0.3, -0.25) is 4.79 Å². The highest BCUT2D eigenvalue weighted by Gasteiger charge is 2.39. The van der Waals surface area contributed by atoms with Crippen molar-refractivity contribution in [2.75, 3.05) is 19.7 Å². The number of morpholine rings is 1. The number of carbonyl (C=O) groups is 1. The fourth-order valence-corrected chi connectivity index (χ4v) is 3.30. The van der Waals surface area contributed by atoms with E-state index in [0.29, 0.717) is 25.6 Å². The van der Waals surface area contributed by atoms with Crippen LogP contribution in [0.5, 0.6) is 0 Å². The minimum atomic E-state index is -0.226. The van der Waals surface area contributed by atoms with Gasteiger partial charge in [-0.15, -0.1) is 0 Å². The molecule has 0 aromatic rings. The number of nitrogens with two attached hydrogens (primary N) is 1. The maximum Gasteiger partial charge on any atom is 0.227 e. The molecule has 0 aromatic carbocycles. The van der Waals surface area contributed by atoms with E-state index in [-0.39, 0.29) is 23.5 Å². The van der Waals surface area contributed by atoms with Crippen molar-refractivity contribution in [3.05, 3.63) is 0 Å². The lowest BCUT2D eigenvalue weighted by Gasteiger charge is -2.42. The lowest BCUT2D eigenvalue weighted by Crippen LogP contribution is -2.56. The molecule has 1 aliphatic heterocycles. The van der Waals surface area contributed by atoms with Crippen molar-refractivity contribution in [3.63, 3.8) is 0 Å². The second-order valence-corrected chi connectivity index (χ2v) is 6.47. The molecule has 3 atom stereocenters. The van der Waals surface area contributed by atoms with Crippen LogP contribution in [0.2, 0.25) is 0 Å². The van der Waals surface area contributed by atoms with Crippen molar-refractivity contribution in [2.45, 2.75) is 51.7 Å². The summed E-state index contributed by atoms with van der Waals surface area (Å²) in [5.41, 5.74) is 5.94. The zero-order valence-electron chi connectivity index (χ0n) is 11.8. The number of nitrogens with zero attached hydrogens (tertiary/aromatic N) is 1. The molecule has 4 heteroatoms. The van der Waals surface area contributed by atoms with E-state index in [1.165, 1.54) is 0 Å². The van der Waals surface area contributed by atoms with E-state index in [4.69, 9.17) is 10.5 Å². The maximum absolute atomic E-state index is 12.7. The monoisotopic (exact) mass is 254 g/mol. The van der Waals surface area contributed by atoms with E-state index in [0.717, 1.165) is 19.3 Å². The standard InChI is InChI=1S/C14H26N2O2/c1-10-5-4-6-11(15)12(10)13(17)16-7-8-18-14(2,3)9-16/h10-12H,4-9,15H2,1-3H3. The zero-order valence-corrected chi connectivity index (χ0v) is 11.8. The summed E-state index contributed by atoms with van der Waals surface area (Å²) >= 11 is 0. The second-order valence-electron chi connectivity index (χ2n) is 6.47. The summed E-state index contributed by atoms with van der Waals surface area (Å²) in [6, 6.07) is 0.0345. The molecule has 2 fully saturated rings. The number of amides is 1. The Bertz CT molecular complexity index is 307. The van der Waals surface area contributed by atoms with Crippen molar-refractivity contribution in [2.24, 2.45) is 17.6 Å². The average molecular weight is 254 g/mol. The van der Waals surface area contributed by atoms with E-state index >= 15 is 0 Å². The van der Waals surface area contributed by atoms with Gasteiger partial charge < -0.3 is 15.4 Å². The summed E-state index contributed by atoms with van der Waals surface area (Å²) in [6.07, 6.45) is 3.26. The number of hydrogen-bond acceptors (Lipinski definition) is 3. The molecular formula is C14H26N2O2. The Hall–Kier alpha value is -0.610. The highest BCUT2D eigenvalue weighted by Crippen LogP contribution is 2.31. The lowest BCUT2D eigenvalue weighted by molar-refractivity contribution is -0.153. The van der Waals surface area contributed by atoms with Crippen LogP contribution < -0.4 is 5.73 Å². The first-order chi connectivity index (χ1) is 8.41. The third-order valence-electron chi connectivity index (χ3n) is 4.29. The molecule has 0 aromatic heterocycles. The Morgan fingerprint density at radius 3 is 2.72 bits per heavy atom. The van der Waals surface area contributed by atoms with Crippen LogP contribution in [-0.4, -0.2) is 42.1 Å². The van der Waals surface area contributed by atoms with Gasteiger partial charge in [0.2, 0.25) is 5.91 Å². The SMILES string of the molecule is CC1CCCC(N)C1C(=O)N1CCOC(C)(C)C1. The van der Waals surface area contributed by atoms with Gasteiger partial charge in [0.15, 0.2) is 0 Å². The number of carbonyl (C=O) groups excluding carboxylic acids is 1. The largest absolute Gasteiger partial charge is 0.372 e. The van der Waals surface area contributed by atoms with Crippen molar-refractivity contribution in [3.8, 4) is 0 Å². The molecule has 2 aliphatic rings. The first kappa shape index (κ1) is 13.8. The van der Waals surface area contributed by atoms with Gasteiger partial charge in [0.1, 0.15) is 0 Å². The average Bonchev–Trinajstić information content (AvgIpc) is 2.27. The van der Waals surface area contributed by atoms with Crippen LogP contribution in [0, 0.1) is 11.8 Å². The molecule has 1 saturated heterocycles. The summed E-state index contributed by atoms with van der Waals surface area (Å²) < 4.78 is 5.66. The van der Waals surface area contributed by atoms with Gasteiger partial charge in [-0.05, 0) is 32.6 Å². The van der Waals surface area contributed by atoms with Crippen molar-refractivity contribution in [1.29, 1.82) is 0 Å². The fourth-order valence-electron chi connectivity index (χ4n) is 3.30. The highest BCUT2D eigenvalue weighted by atomic mass is 16.5. The lowest BCUT2D eigenvalue weighted by atomic mass is 9.76. The molecule has 1 heterocycles. The molecule has 0 radical (unpaired) electrons. The van der Waals surface area contributed by atoms with Gasteiger partial charge in [0.25, 0.3) is 0 Å². The predicted octanol–water partition coefficient (Wildman–Crippen LogP) is 1.39. The van der Waals surface area contributed by atoms with Gasteiger partial charge in [0.05, 0.1) is 18.1 Å². The summed E-state index contributed by atoms with van der Waals surface area (Å²) in [6.45, 7) is 8.26. The molecule has 2 rings (SSSR count). The van der Waals surface area contributed by atoms with E-state index in [1.807, 2.05) is 18.7 Å². The van der Waals surface area contributed by atoms with Gasteiger partial charge in [0, 0.05) is 19.1 Å². The molecule has 1 aliphatic carbocycles. The third kappa shape index (κ3) is 2.86. The molecule has 1 saturated carbocycles. The Morgan fingerprint density at radius 2 is 2.11 bits per heavy atom. The fraction of sp³-hybridized carbons (Fsp3) is 0.929. The topological polar surface area (TPSA) is 55.6 Å². The number of rotatable bonds is 1. The quantitative estimate of drug-likeness (QED) is 0.769. The van der Waals surface area contributed by atoms with Gasteiger partial charge in [-0.2, -0.15) is 0 Å². The molecule has 0 spiro atoms. The molecule has 18 heavy (non-hydrogen) atoms. The van der Waals surface area contributed by atoms with Crippen LogP contribution in [0.25, 0.3) is 0 Å². The first-order valence-corrected chi connectivity index (χ1v) is 7.09. The molecule has 4 nitrogen and oxygen atoms in total. The number of ether oxygens (including phenoxy) is 1. The zero-order chi connectivity index (χ0) is 13.3. The van der Waals surface area contributed by atoms with E-state index in [9.17, 15) is 4.79 Å². The molecule has 0 bridgehead atoms. The normalized spacial score (nSPS) is 36.4. The van der Waals surface area contributed by atoms with Crippen LogP contribution in [-0.2, 0) is 9.53 Å². The van der Waals surface area contributed by atoms with Gasteiger partial charge >= 0.3 is 0 Å². The Kier molecular flexibility index (Phi) is 3.97. The van der Waals surface area contributed by atoms with Crippen LogP contribution in [0.4, 0.5) is 0 Å². The van der Waals surface area contributed by atoms with E-state index in [1.54, 1.807) is 0 Å². The molecule has 3 unspecified atom stereocenters. The smallest absolute Gasteiger partial charge is 0.227 e. The number of hydrogen-bond donors (Lipinski definition) is 1. The minimum Gasteiger partial charge on any atom is -0.372 e. The van der Waals surface area contributed by atoms with Crippen LogP contribution >= 0.6 is 0 Å². The highest BCUT2D eigenvalue weighted by molar-refractivity contribution is 5.80. The summed E-state index contributed by atoms with van der Waals surface area (Å²) in [4.78, 5) is 14.6. The summed E-state index contributed by atoms with van der Waals surface area (Å²) in [5.74, 6) is 0.658. The van der Waals surface area contributed by atoms with Gasteiger partial charge in [-0.25, -0.2) is 0 Å². The van der Waals surface area contributed by atoms with E-state index in [2.05, 4.69) is 6.92 Å². The van der Waals surface area contributed by atoms with Crippen LogP contribution in [0.3, 0.4) is 0 Å². The predicted molar refractivity (Wildman–Crippen MR) is 71.1 cm³/mol. The molecular weight excluding hydrogens is 228 g/mol. The molecule has 1 amide bonds. The van der Waals surface area contributed by atoms with Gasteiger partial charge in [-0.1, -0.05) is 13.3 Å². The Morgan fingerprint density at radius 1 is 1.39 bits per heavy atom. The van der Waals surface area contributed by atoms with Crippen LogP contribution in [0.15, 0.2) is 0 Å². The minimum absolute atomic E-state index is 0.00708. The van der Waals surface area contributed by atoms with Crippen molar-refractivity contribution >= 4 is 5.91 Å². The second kappa shape index (κ2) is 5.17. The third-order valence-corrected chi connectivity index (χ3v) is 4.29. The Labute approximate surface area is 110 Å². The van der Waals surface area contributed by atoms with E-state index < -0.39 is 0 Å². The molecule has 2 N–H and O–H groups in total.